The predicted molar refractivity (Wildman–Crippen MR) is 62.9 cm³/mol. The van der Waals surface area contributed by atoms with Crippen LogP contribution in [0.15, 0.2) is 0 Å². The lowest BCUT2D eigenvalue weighted by molar-refractivity contribution is 0.103. The Balaban J connectivity index is 3.52. The van der Waals surface area contributed by atoms with Gasteiger partial charge in [-0.25, -0.2) is 0 Å². The van der Waals surface area contributed by atoms with Crippen molar-refractivity contribution in [2.75, 3.05) is 39.6 Å². The second-order valence-electron chi connectivity index (χ2n) is 3.57. The summed E-state index contributed by atoms with van der Waals surface area (Å²) in [7, 11) is 0. The Bertz CT molecular complexity index is 130. The zero-order valence-corrected chi connectivity index (χ0v) is 10.3. The lowest BCUT2D eigenvalue weighted by Crippen LogP contribution is -2.39. The van der Waals surface area contributed by atoms with E-state index in [4.69, 9.17) is 9.84 Å². The number of nitrogens with zero attached hydrogens (tertiary/aromatic N) is 1. The summed E-state index contributed by atoms with van der Waals surface area (Å²) in [5, 5.41) is 12.4. The molecule has 15 heavy (non-hydrogen) atoms. The second kappa shape index (κ2) is 10.4. The first-order valence-corrected chi connectivity index (χ1v) is 5.92. The molecule has 0 spiro atoms. The highest BCUT2D eigenvalue weighted by atomic mass is 16.5. The minimum Gasteiger partial charge on any atom is -0.381 e. The van der Waals surface area contributed by atoms with E-state index in [1.807, 2.05) is 18.7 Å². The Morgan fingerprint density at radius 1 is 1.33 bits per heavy atom. The van der Waals surface area contributed by atoms with Gasteiger partial charge in [0.25, 0.3) is 0 Å². The molecule has 4 nitrogen and oxygen atoms in total. The van der Waals surface area contributed by atoms with Crippen LogP contribution in [0.25, 0.3) is 0 Å². The Kier molecular flexibility index (Phi) is 10.3. The molecule has 4 heteroatoms. The second-order valence-corrected chi connectivity index (χ2v) is 3.57. The van der Waals surface area contributed by atoms with Crippen LogP contribution < -0.4 is 5.32 Å². The van der Waals surface area contributed by atoms with Crippen LogP contribution in [0.5, 0.6) is 0 Å². The van der Waals surface area contributed by atoms with E-state index in [9.17, 15) is 0 Å². The monoisotopic (exact) mass is 218 g/mol. The van der Waals surface area contributed by atoms with Gasteiger partial charge in [-0.15, -0.1) is 0 Å². The fraction of sp³-hybridized carbons (Fsp3) is 1.00. The maximum absolute atomic E-state index is 8.96. The molecule has 0 amide bonds. The van der Waals surface area contributed by atoms with Crippen molar-refractivity contribution in [3.05, 3.63) is 0 Å². The highest BCUT2D eigenvalue weighted by molar-refractivity contribution is 4.65. The molecule has 2 N–H and O–H groups in total. The lowest BCUT2D eigenvalue weighted by atomic mass is 10.2. The number of aliphatic hydroxyl groups is 1. The Morgan fingerprint density at radius 2 is 2.07 bits per heavy atom. The number of likely N-dealkylation sites (N-methyl/N-ethyl adjacent to an activating group) is 1. The first-order chi connectivity index (χ1) is 7.28. The van der Waals surface area contributed by atoms with Crippen LogP contribution in [0.2, 0.25) is 0 Å². The van der Waals surface area contributed by atoms with E-state index in [0.29, 0.717) is 6.04 Å². The van der Waals surface area contributed by atoms with E-state index in [0.717, 1.165) is 39.3 Å². The van der Waals surface area contributed by atoms with Crippen LogP contribution in [0, 0.1) is 0 Å². The van der Waals surface area contributed by atoms with E-state index < -0.39 is 0 Å². The molecule has 1 atom stereocenters. The van der Waals surface area contributed by atoms with Gasteiger partial charge in [-0.05, 0) is 19.9 Å². The van der Waals surface area contributed by atoms with Gasteiger partial charge in [0.05, 0.1) is 13.3 Å². The zero-order valence-electron chi connectivity index (χ0n) is 10.3. The third-order valence-electron chi connectivity index (χ3n) is 2.52. The summed E-state index contributed by atoms with van der Waals surface area (Å²) >= 11 is 0. The molecule has 0 aliphatic carbocycles. The van der Waals surface area contributed by atoms with Gasteiger partial charge in [-0.2, -0.15) is 0 Å². The Morgan fingerprint density at radius 3 is 2.53 bits per heavy atom. The van der Waals surface area contributed by atoms with Crippen LogP contribution in [0.1, 0.15) is 27.2 Å². The van der Waals surface area contributed by atoms with E-state index in [2.05, 4.69) is 12.2 Å². The minimum atomic E-state index is 0.139. The van der Waals surface area contributed by atoms with Crippen LogP contribution >= 0.6 is 0 Å². The number of aliphatic hydroxyl groups excluding tert-OH is 1. The first kappa shape index (κ1) is 14.8. The summed E-state index contributed by atoms with van der Waals surface area (Å²) in [6, 6.07) is 0.433. The molecule has 0 aromatic rings. The average Bonchev–Trinajstić information content (AvgIpc) is 2.28. The molecule has 92 valence electrons. The van der Waals surface area contributed by atoms with Crippen molar-refractivity contribution < 1.29 is 9.84 Å². The van der Waals surface area contributed by atoms with Crippen molar-refractivity contribution in [1.82, 2.24) is 10.2 Å². The van der Waals surface area contributed by atoms with Gasteiger partial charge < -0.3 is 15.2 Å². The third-order valence-corrected chi connectivity index (χ3v) is 2.52. The molecule has 0 rings (SSSR count). The maximum Gasteiger partial charge on any atom is 0.0956 e. The summed E-state index contributed by atoms with van der Waals surface area (Å²) in [6.45, 7) is 10.6. The topological polar surface area (TPSA) is 44.7 Å². The zero-order chi connectivity index (χ0) is 11.5. The molecule has 0 saturated heterocycles. The highest BCUT2D eigenvalue weighted by Crippen LogP contribution is 1.92. The molecular formula is C11H26N2O2. The van der Waals surface area contributed by atoms with Crippen LogP contribution in [-0.4, -0.2) is 55.6 Å². The van der Waals surface area contributed by atoms with Crippen LogP contribution in [-0.2, 0) is 4.74 Å². The molecule has 0 saturated carbocycles. The number of hydrogen-bond donors (Lipinski definition) is 2. The number of nitrogens with one attached hydrogen (secondary N) is 1. The smallest absolute Gasteiger partial charge is 0.0956 e. The van der Waals surface area contributed by atoms with Gasteiger partial charge in [-0.1, -0.05) is 13.8 Å². The summed E-state index contributed by atoms with van der Waals surface area (Å²) in [6.07, 6.45) is 1.07. The van der Waals surface area contributed by atoms with E-state index in [1.165, 1.54) is 0 Å². The fourth-order valence-corrected chi connectivity index (χ4v) is 1.34. The van der Waals surface area contributed by atoms with Crippen molar-refractivity contribution in [2.45, 2.75) is 33.2 Å². The molecule has 0 aliphatic rings. The molecule has 0 radical (unpaired) electrons. The average molecular weight is 218 g/mol. The summed E-state index contributed by atoms with van der Waals surface area (Å²) in [5.41, 5.74) is 0. The van der Waals surface area contributed by atoms with Gasteiger partial charge in [0.2, 0.25) is 0 Å². The molecule has 0 bridgehead atoms. The number of rotatable bonds is 10. The predicted octanol–water partition coefficient (Wildman–Crippen LogP) is 0.663. The quantitative estimate of drug-likeness (QED) is 0.529. The molecule has 0 fully saturated rings. The summed E-state index contributed by atoms with van der Waals surface area (Å²) in [5.74, 6) is 0. The summed E-state index contributed by atoms with van der Waals surface area (Å²) < 4.78 is 5.37. The Labute approximate surface area is 93.6 Å². The first-order valence-electron chi connectivity index (χ1n) is 5.92. The molecular weight excluding hydrogens is 192 g/mol. The standard InChI is InChI=1S/C11H26N2O2/c1-4-11(9-15-6-3)12-7-8-13(5-2)10-14/h11-12,14H,4-10H2,1-3H3. The van der Waals surface area contributed by atoms with Crippen molar-refractivity contribution >= 4 is 0 Å². The van der Waals surface area contributed by atoms with Crippen molar-refractivity contribution in [2.24, 2.45) is 0 Å². The van der Waals surface area contributed by atoms with Crippen molar-refractivity contribution in [3.63, 3.8) is 0 Å². The van der Waals surface area contributed by atoms with Crippen molar-refractivity contribution in [1.29, 1.82) is 0 Å². The van der Waals surface area contributed by atoms with Crippen LogP contribution in [0.3, 0.4) is 0 Å². The maximum atomic E-state index is 8.96. The van der Waals surface area contributed by atoms with Gasteiger partial charge in [0.15, 0.2) is 0 Å². The molecule has 0 heterocycles. The van der Waals surface area contributed by atoms with Crippen molar-refractivity contribution in [3.8, 4) is 0 Å². The number of ether oxygens (including phenoxy) is 1. The minimum absolute atomic E-state index is 0.139. The van der Waals surface area contributed by atoms with Gasteiger partial charge in [-0.3, -0.25) is 4.90 Å². The third kappa shape index (κ3) is 7.73. The molecule has 0 aromatic heterocycles. The fourth-order valence-electron chi connectivity index (χ4n) is 1.34. The largest absolute Gasteiger partial charge is 0.381 e. The highest BCUT2D eigenvalue weighted by Gasteiger charge is 2.05. The van der Waals surface area contributed by atoms with E-state index in [1.54, 1.807) is 0 Å². The van der Waals surface area contributed by atoms with Crippen LogP contribution in [0.4, 0.5) is 0 Å². The van der Waals surface area contributed by atoms with E-state index in [-0.39, 0.29) is 6.73 Å². The van der Waals surface area contributed by atoms with Gasteiger partial charge in [0, 0.05) is 25.7 Å². The molecule has 0 aliphatic heterocycles. The van der Waals surface area contributed by atoms with E-state index >= 15 is 0 Å². The Hall–Kier alpha value is -0.160. The molecule has 0 aromatic carbocycles. The SMILES string of the molecule is CCOCC(CC)NCCN(CC)CO. The summed E-state index contributed by atoms with van der Waals surface area (Å²) in [4.78, 5) is 1.99. The molecule has 1 unspecified atom stereocenters. The number of hydrogen-bond acceptors (Lipinski definition) is 4. The van der Waals surface area contributed by atoms with Gasteiger partial charge >= 0.3 is 0 Å². The van der Waals surface area contributed by atoms with Gasteiger partial charge in [0.1, 0.15) is 0 Å². The lowest BCUT2D eigenvalue weighted by Gasteiger charge is -2.21. The normalized spacial score (nSPS) is 13.4.